The maximum Gasteiger partial charge on any atom is 0.122 e. The lowest BCUT2D eigenvalue weighted by molar-refractivity contribution is 0.357. The van der Waals surface area contributed by atoms with Gasteiger partial charge in [-0.2, -0.15) is 0 Å². The van der Waals surface area contributed by atoms with E-state index in [4.69, 9.17) is 4.74 Å². The van der Waals surface area contributed by atoms with Crippen molar-refractivity contribution >= 4 is 29.8 Å². The van der Waals surface area contributed by atoms with Gasteiger partial charge in [0.25, 0.3) is 0 Å². The van der Waals surface area contributed by atoms with E-state index >= 15 is 0 Å². The summed E-state index contributed by atoms with van der Waals surface area (Å²) in [6.07, 6.45) is 1.08. The van der Waals surface area contributed by atoms with Crippen LogP contribution in [-0.4, -0.2) is 24.0 Å². The predicted octanol–water partition coefficient (Wildman–Crippen LogP) is 1.66. The zero-order valence-corrected chi connectivity index (χ0v) is 8.09. The van der Waals surface area contributed by atoms with E-state index in [-0.39, 0.29) is 29.8 Å². The van der Waals surface area contributed by atoms with Crippen molar-refractivity contribution in [1.82, 2.24) is 0 Å². The minimum absolute atomic E-state index is 0. The largest absolute Gasteiger partial charge is 0.493 e. The minimum atomic E-state index is 0. The monoisotopic (exact) mass is 183 g/mol. The van der Waals surface area contributed by atoms with Gasteiger partial charge < -0.3 is 4.74 Å². The summed E-state index contributed by atoms with van der Waals surface area (Å²) in [5, 5.41) is 0. The third-order valence-electron chi connectivity index (χ3n) is 1.60. The summed E-state index contributed by atoms with van der Waals surface area (Å²) >= 11 is 0. The molecule has 0 aliphatic carbocycles. The quantitative estimate of drug-likeness (QED) is 0.556. The van der Waals surface area contributed by atoms with E-state index in [1.54, 1.807) is 0 Å². The predicted molar refractivity (Wildman–Crippen MR) is 48.6 cm³/mol. The number of hydrogen-bond donors (Lipinski definition) is 0. The lowest BCUT2D eigenvalue weighted by Gasteiger charge is -1.93. The average molecular weight is 184 g/mol. The molecule has 0 aromatic heterocycles. The van der Waals surface area contributed by atoms with Gasteiger partial charge in [0.1, 0.15) is 5.75 Å². The Hall–Kier alpha value is -0.158. The number of ether oxygens (including phenoxy) is 1. The summed E-state index contributed by atoms with van der Waals surface area (Å²) in [7, 11) is 0. The molecule has 3 heteroatoms. The van der Waals surface area contributed by atoms with Crippen LogP contribution in [0.25, 0.3) is 0 Å². The molecule has 57 valence electrons. The second kappa shape index (κ2) is 4.67. The van der Waals surface area contributed by atoms with Gasteiger partial charge in [0.2, 0.25) is 0 Å². The van der Waals surface area contributed by atoms with Gasteiger partial charge in [-0.05, 0) is 11.6 Å². The minimum Gasteiger partial charge on any atom is -0.493 e. The fourth-order valence-corrected chi connectivity index (χ4v) is 1.12. The highest BCUT2D eigenvalue weighted by Gasteiger charge is 2.08. The smallest absolute Gasteiger partial charge is 0.122 e. The molecule has 0 spiro atoms. The van der Waals surface area contributed by atoms with Crippen molar-refractivity contribution in [2.45, 2.75) is 6.42 Å². The zero-order chi connectivity index (χ0) is 6.10. The molecule has 0 saturated carbocycles. The first-order valence-electron chi connectivity index (χ1n) is 3.17. The molecule has 1 aromatic rings. The summed E-state index contributed by atoms with van der Waals surface area (Å²) in [6.45, 7) is 0.860. The third-order valence-corrected chi connectivity index (χ3v) is 1.60. The summed E-state index contributed by atoms with van der Waals surface area (Å²) in [5.41, 5.74) is 1.34. The molecule has 0 N–H and O–H groups in total. The number of fused-ring (bicyclic) bond motifs is 1. The van der Waals surface area contributed by atoms with Gasteiger partial charge in [-0.3, -0.25) is 0 Å². The standard InChI is InChI=1S/C8H8O.Al.ClH/c1-2-4-8-7(3-1)5-6-9-8;;/h1-4H,5-6H2;;1H. The van der Waals surface area contributed by atoms with Crippen LogP contribution in [0, 0.1) is 0 Å². The third kappa shape index (κ3) is 2.13. The highest BCUT2D eigenvalue weighted by Crippen LogP contribution is 2.23. The van der Waals surface area contributed by atoms with Crippen LogP contribution in [0.15, 0.2) is 24.3 Å². The molecule has 11 heavy (non-hydrogen) atoms. The molecule has 0 unspecified atom stereocenters. The van der Waals surface area contributed by atoms with Gasteiger partial charge in [-0.1, -0.05) is 18.2 Å². The van der Waals surface area contributed by atoms with Gasteiger partial charge in [-0.15, -0.1) is 12.4 Å². The summed E-state index contributed by atoms with van der Waals surface area (Å²) < 4.78 is 5.30. The van der Waals surface area contributed by atoms with E-state index in [9.17, 15) is 0 Å². The Morgan fingerprint density at radius 3 is 2.64 bits per heavy atom. The molecule has 1 heterocycles. The average Bonchev–Trinajstić information content (AvgIpc) is 2.33. The molecular formula is C8H9AlClO. The van der Waals surface area contributed by atoms with E-state index in [1.165, 1.54) is 5.56 Å². The van der Waals surface area contributed by atoms with Gasteiger partial charge in [-0.25, -0.2) is 0 Å². The molecule has 0 atom stereocenters. The van der Waals surface area contributed by atoms with Crippen LogP contribution in [0.4, 0.5) is 0 Å². The first kappa shape index (κ1) is 10.8. The van der Waals surface area contributed by atoms with Gasteiger partial charge >= 0.3 is 0 Å². The van der Waals surface area contributed by atoms with Crippen LogP contribution in [0.5, 0.6) is 5.75 Å². The molecule has 3 radical (unpaired) electrons. The molecule has 1 aromatic carbocycles. The van der Waals surface area contributed by atoms with Crippen LogP contribution in [-0.2, 0) is 6.42 Å². The van der Waals surface area contributed by atoms with Crippen molar-refractivity contribution in [3.8, 4) is 5.75 Å². The van der Waals surface area contributed by atoms with Crippen LogP contribution >= 0.6 is 12.4 Å². The van der Waals surface area contributed by atoms with E-state index in [0.717, 1.165) is 18.8 Å². The van der Waals surface area contributed by atoms with Crippen molar-refractivity contribution in [1.29, 1.82) is 0 Å². The van der Waals surface area contributed by atoms with Crippen molar-refractivity contribution in [2.24, 2.45) is 0 Å². The van der Waals surface area contributed by atoms with Crippen LogP contribution in [0.2, 0.25) is 0 Å². The molecule has 0 bridgehead atoms. The molecule has 2 rings (SSSR count). The summed E-state index contributed by atoms with van der Waals surface area (Å²) in [5.74, 6) is 1.07. The summed E-state index contributed by atoms with van der Waals surface area (Å²) in [4.78, 5) is 0. The van der Waals surface area contributed by atoms with E-state index in [2.05, 4.69) is 6.07 Å². The van der Waals surface area contributed by atoms with Crippen molar-refractivity contribution < 1.29 is 4.74 Å². The van der Waals surface area contributed by atoms with Gasteiger partial charge in [0.05, 0.1) is 6.61 Å². The fourth-order valence-electron chi connectivity index (χ4n) is 1.12. The number of halogens is 1. The lowest BCUT2D eigenvalue weighted by atomic mass is 10.2. The van der Waals surface area contributed by atoms with Gasteiger partial charge in [0.15, 0.2) is 0 Å². The number of rotatable bonds is 0. The van der Waals surface area contributed by atoms with Crippen molar-refractivity contribution in [2.75, 3.05) is 6.61 Å². The Morgan fingerprint density at radius 2 is 1.91 bits per heavy atom. The number of para-hydroxylation sites is 1. The molecule has 1 nitrogen and oxygen atoms in total. The topological polar surface area (TPSA) is 9.23 Å². The Bertz CT molecular complexity index is 204. The van der Waals surface area contributed by atoms with Gasteiger partial charge in [0, 0.05) is 23.8 Å². The first-order chi connectivity index (χ1) is 4.47. The Morgan fingerprint density at radius 1 is 1.18 bits per heavy atom. The molecule has 0 saturated heterocycles. The number of hydrogen-bond acceptors (Lipinski definition) is 1. The second-order valence-corrected chi connectivity index (χ2v) is 2.21. The van der Waals surface area contributed by atoms with Crippen molar-refractivity contribution in [3.63, 3.8) is 0 Å². The Balaban J connectivity index is 0.000000500. The van der Waals surface area contributed by atoms with E-state index in [1.807, 2.05) is 18.2 Å². The summed E-state index contributed by atoms with van der Waals surface area (Å²) in [6, 6.07) is 8.18. The normalized spacial score (nSPS) is 12.0. The highest BCUT2D eigenvalue weighted by atomic mass is 35.5. The maximum absolute atomic E-state index is 5.30. The van der Waals surface area contributed by atoms with E-state index in [0.29, 0.717) is 0 Å². The molecule has 0 amide bonds. The SMILES string of the molecule is Cl.[Al].c1ccc2c(c1)CCO2. The zero-order valence-electron chi connectivity index (χ0n) is 6.12. The van der Waals surface area contributed by atoms with Crippen LogP contribution in [0.3, 0.4) is 0 Å². The Kier molecular flexibility index (Phi) is 4.60. The van der Waals surface area contributed by atoms with Crippen LogP contribution in [0.1, 0.15) is 5.56 Å². The Labute approximate surface area is 83.3 Å². The first-order valence-corrected chi connectivity index (χ1v) is 3.17. The molecule has 1 aliphatic heterocycles. The lowest BCUT2D eigenvalue weighted by Crippen LogP contribution is -1.85. The van der Waals surface area contributed by atoms with Crippen molar-refractivity contribution in [3.05, 3.63) is 29.8 Å². The van der Waals surface area contributed by atoms with E-state index < -0.39 is 0 Å². The molecule has 1 aliphatic rings. The second-order valence-electron chi connectivity index (χ2n) is 2.21. The highest BCUT2D eigenvalue weighted by molar-refractivity contribution is 5.85. The number of benzene rings is 1. The fraction of sp³-hybridized carbons (Fsp3) is 0.250. The molecule has 0 fully saturated rings. The molecular weight excluding hydrogens is 175 g/mol. The maximum atomic E-state index is 5.30. The van der Waals surface area contributed by atoms with Crippen LogP contribution < -0.4 is 4.74 Å².